The molecule has 0 saturated carbocycles. The molecule has 0 radical (unpaired) electrons. The van der Waals surface area contributed by atoms with Crippen molar-refractivity contribution in [2.75, 3.05) is 0 Å². The molecule has 0 amide bonds. The van der Waals surface area contributed by atoms with E-state index >= 15 is 0 Å². The Labute approximate surface area is 196 Å². The number of aliphatic hydroxyl groups is 1. The van der Waals surface area contributed by atoms with E-state index in [4.69, 9.17) is 17.6 Å². The van der Waals surface area contributed by atoms with E-state index in [0.717, 1.165) is 10.8 Å². The summed E-state index contributed by atoms with van der Waals surface area (Å²) in [4.78, 5) is 0.211. The fourth-order valence-electron chi connectivity index (χ4n) is 4.68. The van der Waals surface area contributed by atoms with Crippen molar-refractivity contribution < 1.29 is 14.1 Å². The molecule has 1 aromatic heterocycles. The Morgan fingerprint density at radius 3 is 2.42 bits per heavy atom. The van der Waals surface area contributed by atoms with Gasteiger partial charge in [0.05, 0.1) is 11.5 Å². The second kappa shape index (κ2) is 8.34. The van der Waals surface area contributed by atoms with Crippen LogP contribution in [0.4, 0.5) is 4.39 Å². The van der Waals surface area contributed by atoms with Crippen LogP contribution >= 0.6 is 12.2 Å². The average Bonchev–Trinajstić information content (AvgIpc) is 2.84. The molecule has 3 atom stereocenters. The van der Waals surface area contributed by atoms with Gasteiger partial charge in [0.1, 0.15) is 10.8 Å². The van der Waals surface area contributed by atoms with Gasteiger partial charge in [-0.1, -0.05) is 72.9 Å². The number of rotatable bonds is 3. The third kappa shape index (κ3) is 3.64. The van der Waals surface area contributed by atoms with Crippen LogP contribution in [0.1, 0.15) is 23.1 Å². The predicted molar refractivity (Wildman–Crippen MR) is 130 cm³/mol. The fourth-order valence-corrected chi connectivity index (χ4v) is 5.02. The van der Waals surface area contributed by atoms with Crippen LogP contribution in [-0.4, -0.2) is 16.0 Å². The summed E-state index contributed by atoms with van der Waals surface area (Å²) >= 11 is 5.57. The maximum absolute atomic E-state index is 14.3. The predicted octanol–water partition coefficient (Wildman–Crippen LogP) is 4.54. The summed E-state index contributed by atoms with van der Waals surface area (Å²) in [5.41, 5.74) is -0.0121. The smallest absolute Gasteiger partial charge is 0.227 e. The van der Waals surface area contributed by atoms with Gasteiger partial charge in [-0.2, -0.15) is 4.57 Å². The van der Waals surface area contributed by atoms with Crippen LogP contribution in [0.2, 0.25) is 0 Å². The standard InChI is InChI=1S/C27H20FN3OS/c28-22-12-6-9-19(15-22)24-23(16-29)26(33)30-27(32,21-10-2-1-3-11-21)25(24)31-14-13-18-7-4-5-8-20(18)17-31/h1-15,17,24-25,29,32H/p+1/t24-,25+,27+/m0/s1. The molecule has 3 aromatic carbocycles. The first-order valence-corrected chi connectivity index (χ1v) is 11.0. The molecule has 0 unspecified atom stereocenters. The number of hydrogen-bond donors (Lipinski definition) is 3. The zero-order chi connectivity index (χ0) is 23.0. The lowest BCUT2D eigenvalue weighted by molar-refractivity contribution is -0.742. The van der Waals surface area contributed by atoms with Crippen molar-refractivity contribution in [1.29, 1.82) is 5.41 Å². The second-order valence-electron chi connectivity index (χ2n) is 8.12. The number of aromatic nitrogens is 1. The van der Waals surface area contributed by atoms with Gasteiger partial charge in [0.2, 0.25) is 11.8 Å². The van der Waals surface area contributed by atoms with Crippen LogP contribution in [0.5, 0.6) is 0 Å². The number of pyridine rings is 1. The van der Waals surface area contributed by atoms with Crippen LogP contribution in [-0.2, 0) is 5.72 Å². The summed E-state index contributed by atoms with van der Waals surface area (Å²) in [5.74, 6) is 1.45. The lowest BCUT2D eigenvalue weighted by atomic mass is 9.74. The number of piperidine rings is 1. The molecule has 1 aliphatic heterocycles. The Bertz CT molecular complexity index is 1420. The number of benzene rings is 3. The number of halogens is 1. The van der Waals surface area contributed by atoms with Gasteiger partial charge < -0.3 is 10.4 Å². The zero-order valence-corrected chi connectivity index (χ0v) is 18.4. The minimum absolute atomic E-state index is 0.211. The highest BCUT2D eigenvalue weighted by Crippen LogP contribution is 2.45. The van der Waals surface area contributed by atoms with E-state index in [1.807, 2.05) is 77.6 Å². The number of nitrogens with one attached hydrogen (secondary N) is 2. The highest BCUT2D eigenvalue weighted by molar-refractivity contribution is 7.80. The first-order valence-electron chi connectivity index (χ1n) is 10.6. The molecule has 4 nitrogen and oxygen atoms in total. The fraction of sp³-hybridized carbons (Fsp3) is 0.111. The third-order valence-corrected chi connectivity index (χ3v) is 6.51. The Hall–Kier alpha value is -3.70. The van der Waals surface area contributed by atoms with E-state index in [2.05, 4.69) is 11.2 Å². The summed E-state index contributed by atoms with van der Waals surface area (Å²) in [6.45, 7) is 0. The van der Waals surface area contributed by atoms with Gasteiger partial charge in [-0.15, -0.1) is 0 Å². The molecule has 0 spiro atoms. The summed E-state index contributed by atoms with van der Waals surface area (Å²) < 4.78 is 16.2. The van der Waals surface area contributed by atoms with Crippen LogP contribution in [0.3, 0.4) is 0 Å². The molecular formula is C27H21FN3OS+. The highest BCUT2D eigenvalue weighted by Gasteiger charge is 2.56. The van der Waals surface area contributed by atoms with E-state index in [1.54, 1.807) is 12.1 Å². The van der Waals surface area contributed by atoms with E-state index in [0.29, 0.717) is 16.7 Å². The van der Waals surface area contributed by atoms with Crippen molar-refractivity contribution in [3.8, 4) is 0 Å². The van der Waals surface area contributed by atoms with Crippen molar-refractivity contribution in [2.24, 2.45) is 0 Å². The number of fused-ring (bicyclic) bond motifs is 1. The van der Waals surface area contributed by atoms with Gasteiger partial charge in [-0.05, 0) is 35.0 Å². The van der Waals surface area contributed by atoms with E-state index in [1.165, 1.54) is 12.1 Å². The van der Waals surface area contributed by atoms with Crippen molar-refractivity contribution in [3.63, 3.8) is 0 Å². The zero-order valence-electron chi connectivity index (χ0n) is 17.6. The van der Waals surface area contributed by atoms with Gasteiger partial charge in [0.15, 0.2) is 12.4 Å². The number of hydrogen-bond acceptors (Lipinski definition) is 3. The average molecular weight is 455 g/mol. The first kappa shape index (κ1) is 21.2. The van der Waals surface area contributed by atoms with E-state index in [-0.39, 0.29) is 4.99 Å². The molecule has 4 aromatic rings. The molecule has 3 N–H and O–H groups in total. The first-order chi connectivity index (χ1) is 16.0. The van der Waals surface area contributed by atoms with Gasteiger partial charge in [0, 0.05) is 17.0 Å². The molecule has 1 fully saturated rings. The molecule has 2 heterocycles. The molecule has 0 aliphatic carbocycles. The topological polar surface area (TPSA) is 60.0 Å². The Balaban J connectivity index is 1.81. The molecule has 1 saturated heterocycles. The lowest BCUT2D eigenvalue weighted by Gasteiger charge is -2.43. The van der Waals surface area contributed by atoms with Gasteiger partial charge >= 0.3 is 0 Å². The summed E-state index contributed by atoms with van der Waals surface area (Å²) in [7, 11) is 0. The summed E-state index contributed by atoms with van der Waals surface area (Å²) in [5, 5.41) is 25.3. The largest absolute Gasteiger partial charge is 0.362 e. The molecule has 6 heteroatoms. The monoisotopic (exact) mass is 454 g/mol. The normalized spacial score (nSPS) is 22.6. The Kier molecular flexibility index (Phi) is 5.35. The molecule has 0 bridgehead atoms. The molecular weight excluding hydrogens is 433 g/mol. The van der Waals surface area contributed by atoms with Crippen molar-refractivity contribution in [2.45, 2.75) is 17.7 Å². The minimum atomic E-state index is -1.62. The molecule has 1 aliphatic rings. The van der Waals surface area contributed by atoms with E-state index < -0.39 is 23.5 Å². The maximum Gasteiger partial charge on any atom is 0.227 e. The number of thiocarbonyl (C=S) groups is 1. The third-order valence-electron chi connectivity index (χ3n) is 6.19. The van der Waals surface area contributed by atoms with Gasteiger partial charge in [0.25, 0.3) is 0 Å². The quantitative estimate of drug-likeness (QED) is 0.184. The van der Waals surface area contributed by atoms with Crippen molar-refractivity contribution in [3.05, 3.63) is 120 Å². The Morgan fingerprint density at radius 2 is 1.70 bits per heavy atom. The maximum atomic E-state index is 14.3. The molecule has 162 valence electrons. The van der Waals surface area contributed by atoms with Crippen molar-refractivity contribution in [1.82, 2.24) is 5.32 Å². The van der Waals surface area contributed by atoms with E-state index in [9.17, 15) is 9.50 Å². The highest BCUT2D eigenvalue weighted by atomic mass is 32.1. The SMILES string of the molecule is N=C=C1C(=S)N[C@@](O)(c2ccccc2)[C@H]([n+]2ccc3ccccc3c2)[C@H]1c1cccc(F)c1. The van der Waals surface area contributed by atoms with Crippen LogP contribution in [0.15, 0.2) is 103 Å². The summed E-state index contributed by atoms with van der Waals surface area (Å²) in [6, 6.07) is 24.7. The van der Waals surface area contributed by atoms with Gasteiger partial charge in [-0.3, -0.25) is 5.41 Å². The van der Waals surface area contributed by atoms with Crippen LogP contribution < -0.4 is 9.88 Å². The lowest BCUT2D eigenvalue weighted by Crippen LogP contribution is -2.65. The minimum Gasteiger partial charge on any atom is -0.362 e. The number of nitrogens with zero attached hydrogens (tertiary/aromatic N) is 1. The molecule has 33 heavy (non-hydrogen) atoms. The van der Waals surface area contributed by atoms with Crippen molar-refractivity contribution >= 4 is 33.8 Å². The summed E-state index contributed by atoms with van der Waals surface area (Å²) in [6.07, 6.45) is 3.85. The van der Waals surface area contributed by atoms with Crippen LogP contribution in [0.25, 0.3) is 10.8 Å². The molecule has 5 rings (SSSR count). The van der Waals surface area contributed by atoms with Gasteiger partial charge in [-0.25, -0.2) is 4.39 Å². The van der Waals surface area contributed by atoms with Crippen LogP contribution in [0, 0.1) is 11.2 Å². The second-order valence-corrected chi connectivity index (χ2v) is 8.53. The Morgan fingerprint density at radius 1 is 0.970 bits per heavy atom.